The summed E-state index contributed by atoms with van der Waals surface area (Å²) in [5.41, 5.74) is 0.869. The van der Waals surface area contributed by atoms with Crippen LogP contribution < -0.4 is 4.74 Å². The van der Waals surface area contributed by atoms with Gasteiger partial charge >= 0.3 is 29.8 Å². The number of hydrogen-bond acceptors (Lipinski definition) is 9. The molecule has 0 aromatic heterocycles. The number of carbonyl (C=O) groups excluding carboxylic acids is 4. The van der Waals surface area contributed by atoms with Gasteiger partial charge in [-0.15, -0.1) is 0 Å². The van der Waals surface area contributed by atoms with E-state index in [0.29, 0.717) is 37.9 Å². The Morgan fingerprint density at radius 2 is 1.35 bits per heavy atom. The van der Waals surface area contributed by atoms with Gasteiger partial charge in [-0.3, -0.25) is 19.2 Å². The van der Waals surface area contributed by atoms with Crippen molar-refractivity contribution >= 4 is 29.8 Å². The maximum absolute atomic E-state index is 12.3. The molecule has 1 fully saturated rings. The Kier molecular flexibility index (Phi) is 15.0. The van der Waals surface area contributed by atoms with Crippen LogP contribution in [0.3, 0.4) is 0 Å². The van der Waals surface area contributed by atoms with Crippen LogP contribution in [0.5, 0.6) is 5.75 Å². The summed E-state index contributed by atoms with van der Waals surface area (Å²) >= 11 is 0. The van der Waals surface area contributed by atoms with E-state index in [1.54, 1.807) is 24.3 Å². The van der Waals surface area contributed by atoms with Crippen LogP contribution in [-0.4, -0.2) is 54.8 Å². The van der Waals surface area contributed by atoms with Crippen molar-refractivity contribution in [3.63, 3.8) is 0 Å². The van der Waals surface area contributed by atoms with E-state index in [1.165, 1.54) is 0 Å². The number of benzene rings is 1. The number of carbonyl (C=O) groups is 5. The summed E-state index contributed by atoms with van der Waals surface area (Å²) in [4.78, 5) is 57.5. The van der Waals surface area contributed by atoms with E-state index in [0.717, 1.165) is 11.6 Å². The normalized spacial score (nSPS) is 16.3. The fourth-order valence-corrected chi connectivity index (χ4v) is 3.49. The molecule has 0 radical (unpaired) electrons. The molecule has 204 valence electrons. The van der Waals surface area contributed by atoms with Gasteiger partial charge in [0.15, 0.2) is 0 Å². The van der Waals surface area contributed by atoms with Crippen molar-refractivity contribution in [2.75, 3.05) is 19.8 Å². The molecule has 0 atom stereocenters. The molecule has 0 heterocycles. The molecule has 1 saturated carbocycles. The van der Waals surface area contributed by atoms with Crippen LogP contribution >= 0.6 is 0 Å². The number of hydrogen-bond donors (Lipinski definition) is 1. The molecule has 0 bridgehead atoms. The molecule has 0 spiro atoms. The lowest BCUT2D eigenvalue weighted by atomic mass is 9.82. The molecule has 1 aliphatic rings. The summed E-state index contributed by atoms with van der Waals surface area (Å²) in [7, 11) is 0. The fourth-order valence-electron chi connectivity index (χ4n) is 3.49. The molecule has 10 nitrogen and oxygen atoms in total. The number of carboxylic acids is 1. The third kappa shape index (κ3) is 12.7. The second kappa shape index (κ2) is 17.7. The molecule has 0 unspecified atom stereocenters. The number of aliphatic carboxylic acids is 1. The van der Waals surface area contributed by atoms with E-state index in [2.05, 4.69) is 11.3 Å². The van der Waals surface area contributed by atoms with Crippen molar-refractivity contribution < 1.29 is 48.0 Å². The monoisotopic (exact) mass is 520 g/mol. The predicted molar refractivity (Wildman–Crippen MR) is 133 cm³/mol. The van der Waals surface area contributed by atoms with Gasteiger partial charge in [-0.2, -0.15) is 0 Å². The number of ether oxygens (including phenoxy) is 4. The highest BCUT2D eigenvalue weighted by Crippen LogP contribution is 2.30. The van der Waals surface area contributed by atoms with Crippen LogP contribution in [0.25, 0.3) is 0 Å². The van der Waals surface area contributed by atoms with Crippen molar-refractivity contribution in [3.05, 3.63) is 42.5 Å². The van der Waals surface area contributed by atoms with Crippen LogP contribution in [-0.2, 0) is 44.6 Å². The van der Waals surface area contributed by atoms with E-state index in [-0.39, 0.29) is 50.5 Å². The lowest BCUT2D eigenvalue weighted by molar-refractivity contribution is -0.152. The molecule has 0 saturated heterocycles. The minimum absolute atomic E-state index is 0.0905. The number of carboxylic acid groups (broad SMARTS) is 1. The Balaban J connectivity index is 0.00000334. The van der Waals surface area contributed by atoms with Gasteiger partial charge in [-0.05, 0) is 43.4 Å². The minimum Gasteiger partial charge on any atom is -0.481 e. The molecule has 2 rings (SSSR count). The Hall–Kier alpha value is -3.69. The Labute approximate surface area is 216 Å². The molecule has 37 heavy (non-hydrogen) atoms. The van der Waals surface area contributed by atoms with E-state index in [9.17, 15) is 24.0 Å². The molecular weight excluding hydrogens is 484 g/mol. The summed E-state index contributed by atoms with van der Waals surface area (Å²) in [5.74, 6) is -3.21. The molecule has 1 aromatic carbocycles. The van der Waals surface area contributed by atoms with E-state index in [1.807, 2.05) is 13.8 Å². The fraction of sp³-hybridized carbons (Fsp3) is 0.519. The molecule has 1 N–H and O–H groups in total. The average molecular weight is 521 g/mol. The van der Waals surface area contributed by atoms with Crippen molar-refractivity contribution in [1.82, 2.24) is 0 Å². The zero-order valence-electron chi connectivity index (χ0n) is 21.4. The van der Waals surface area contributed by atoms with Crippen molar-refractivity contribution in [1.29, 1.82) is 0 Å². The highest BCUT2D eigenvalue weighted by molar-refractivity contribution is 5.81. The van der Waals surface area contributed by atoms with Crippen LogP contribution in [0.1, 0.15) is 57.9 Å². The Morgan fingerprint density at radius 1 is 0.838 bits per heavy atom. The molecule has 10 heteroatoms. The maximum atomic E-state index is 12.3. The standard InChI is InChI=1S/C25H30O10.C2H6/c1-2-21(26)33-15-16-34-23(28)12-11-22(27)32-14-13-17-3-9-20(10-4-17)35-25(31)19-7-5-18(6-8-19)24(29)30;1-2/h2-4,9-10,18-19H,1,5-8,11-16H2,(H,29,30);1-2H3. The zero-order chi connectivity index (χ0) is 27.6. The first-order chi connectivity index (χ1) is 17.8. The molecule has 0 amide bonds. The average Bonchev–Trinajstić information content (AvgIpc) is 2.91. The summed E-state index contributed by atoms with van der Waals surface area (Å²) in [6, 6.07) is 6.82. The minimum atomic E-state index is -0.818. The summed E-state index contributed by atoms with van der Waals surface area (Å²) < 4.78 is 20.0. The largest absolute Gasteiger partial charge is 0.481 e. The van der Waals surface area contributed by atoms with Crippen molar-refractivity contribution in [3.8, 4) is 5.75 Å². The Bertz CT molecular complexity index is 898. The maximum Gasteiger partial charge on any atom is 0.330 e. The highest BCUT2D eigenvalue weighted by Gasteiger charge is 2.30. The van der Waals surface area contributed by atoms with Gasteiger partial charge in [0.1, 0.15) is 19.0 Å². The number of esters is 4. The predicted octanol–water partition coefficient (Wildman–Crippen LogP) is 3.65. The summed E-state index contributed by atoms with van der Waals surface area (Å²) in [5, 5.41) is 9.04. The first-order valence-electron chi connectivity index (χ1n) is 12.4. The van der Waals surface area contributed by atoms with Gasteiger partial charge in [0.2, 0.25) is 0 Å². The summed E-state index contributed by atoms with van der Waals surface area (Å²) in [6.07, 6.45) is 3.12. The third-order valence-corrected chi connectivity index (χ3v) is 5.50. The summed E-state index contributed by atoms with van der Waals surface area (Å²) in [6.45, 7) is 7.16. The Morgan fingerprint density at radius 3 is 1.89 bits per heavy atom. The second-order valence-electron chi connectivity index (χ2n) is 8.01. The third-order valence-electron chi connectivity index (χ3n) is 5.50. The quantitative estimate of drug-likeness (QED) is 0.135. The molecular formula is C27H36O10. The first-order valence-corrected chi connectivity index (χ1v) is 12.4. The van der Waals surface area contributed by atoms with E-state index in [4.69, 9.17) is 19.3 Å². The van der Waals surface area contributed by atoms with Crippen LogP contribution in [0.4, 0.5) is 0 Å². The van der Waals surface area contributed by atoms with E-state index < -0.39 is 23.9 Å². The van der Waals surface area contributed by atoms with Gasteiger partial charge in [-0.25, -0.2) is 4.79 Å². The zero-order valence-corrected chi connectivity index (χ0v) is 21.4. The lowest BCUT2D eigenvalue weighted by Gasteiger charge is -2.24. The molecule has 0 aliphatic heterocycles. The van der Waals surface area contributed by atoms with Gasteiger partial charge in [0.25, 0.3) is 0 Å². The lowest BCUT2D eigenvalue weighted by Crippen LogP contribution is -2.28. The van der Waals surface area contributed by atoms with Gasteiger partial charge in [-0.1, -0.05) is 32.6 Å². The van der Waals surface area contributed by atoms with Gasteiger partial charge in [0, 0.05) is 12.5 Å². The van der Waals surface area contributed by atoms with Gasteiger partial charge in [0.05, 0.1) is 31.3 Å². The van der Waals surface area contributed by atoms with E-state index >= 15 is 0 Å². The topological polar surface area (TPSA) is 142 Å². The highest BCUT2D eigenvalue weighted by atomic mass is 16.6. The van der Waals surface area contributed by atoms with Crippen LogP contribution in [0.15, 0.2) is 36.9 Å². The van der Waals surface area contributed by atoms with Crippen LogP contribution in [0.2, 0.25) is 0 Å². The second-order valence-corrected chi connectivity index (χ2v) is 8.01. The molecule has 1 aliphatic carbocycles. The number of rotatable bonds is 13. The molecule has 1 aromatic rings. The smallest absolute Gasteiger partial charge is 0.330 e. The van der Waals surface area contributed by atoms with Crippen molar-refractivity contribution in [2.24, 2.45) is 11.8 Å². The van der Waals surface area contributed by atoms with Crippen LogP contribution in [0, 0.1) is 11.8 Å². The van der Waals surface area contributed by atoms with Crippen molar-refractivity contribution in [2.45, 2.75) is 58.8 Å². The first kappa shape index (κ1) is 31.3. The van der Waals surface area contributed by atoms with Gasteiger partial charge < -0.3 is 24.1 Å². The SMILES string of the molecule is C=CC(=O)OCCOC(=O)CCC(=O)OCCc1ccc(OC(=O)C2CCC(C(=O)O)CC2)cc1.CC.